The van der Waals surface area contributed by atoms with E-state index in [1.807, 2.05) is 24.8 Å². The van der Waals surface area contributed by atoms with Gasteiger partial charge in [0.15, 0.2) is 0 Å². The maximum atomic E-state index is 11.9. The number of rotatable bonds is 7. The number of halogens is 1. The quantitative estimate of drug-likeness (QED) is 0.599. The first kappa shape index (κ1) is 21.4. The van der Waals surface area contributed by atoms with Crippen molar-refractivity contribution < 1.29 is 14.3 Å². The molecule has 1 amide bonds. The van der Waals surface area contributed by atoms with E-state index in [0.29, 0.717) is 12.5 Å². The molecule has 2 fully saturated rings. The van der Waals surface area contributed by atoms with E-state index in [9.17, 15) is 4.79 Å². The van der Waals surface area contributed by atoms with Gasteiger partial charge >= 0.3 is 6.09 Å². The summed E-state index contributed by atoms with van der Waals surface area (Å²) in [6, 6.07) is 6.50. The Balaban J connectivity index is 1.48. The second-order valence-corrected chi connectivity index (χ2v) is 9.47. The highest BCUT2D eigenvalue weighted by molar-refractivity contribution is 9.10. The molecule has 1 atom stereocenters. The van der Waals surface area contributed by atoms with Crippen LogP contribution in [0.4, 0.5) is 4.79 Å². The Hall–Kier alpha value is -1.27. The van der Waals surface area contributed by atoms with Crippen molar-refractivity contribution in [3.8, 4) is 5.75 Å². The fourth-order valence-corrected chi connectivity index (χ4v) is 4.49. The van der Waals surface area contributed by atoms with E-state index in [-0.39, 0.29) is 24.3 Å². The summed E-state index contributed by atoms with van der Waals surface area (Å²) in [5.74, 6) is 1.63. The zero-order valence-electron chi connectivity index (χ0n) is 17.5. The SMILES string of the molecule is CC(C)Oc1ccc(Br)c(CC2CCN(CC3CN(C(C)C)C(=O)O3)CC2)c1. The Morgan fingerprint density at radius 1 is 1.21 bits per heavy atom. The molecule has 3 rings (SSSR count). The molecule has 28 heavy (non-hydrogen) atoms. The van der Waals surface area contributed by atoms with Crippen LogP contribution in [0.1, 0.15) is 46.1 Å². The topological polar surface area (TPSA) is 42.0 Å². The van der Waals surface area contributed by atoms with Crippen LogP contribution in [0.2, 0.25) is 0 Å². The van der Waals surface area contributed by atoms with E-state index in [4.69, 9.17) is 9.47 Å². The zero-order valence-corrected chi connectivity index (χ0v) is 19.1. The molecule has 2 aliphatic heterocycles. The molecule has 6 heteroatoms. The summed E-state index contributed by atoms with van der Waals surface area (Å²) < 4.78 is 12.6. The number of carbonyl (C=O) groups excluding carboxylic acids is 1. The van der Waals surface area contributed by atoms with E-state index in [1.165, 1.54) is 18.4 Å². The zero-order chi connectivity index (χ0) is 20.3. The number of cyclic esters (lactones) is 1. The number of amides is 1. The maximum Gasteiger partial charge on any atom is 0.410 e. The average Bonchev–Trinajstić information content (AvgIpc) is 2.99. The van der Waals surface area contributed by atoms with Gasteiger partial charge in [-0.25, -0.2) is 4.79 Å². The molecule has 1 aromatic carbocycles. The molecule has 0 aliphatic carbocycles. The largest absolute Gasteiger partial charge is 0.491 e. The minimum Gasteiger partial charge on any atom is -0.491 e. The van der Waals surface area contributed by atoms with E-state index in [2.05, 4.69) is 46.8 Å². The predicted molar refractivity (Wildman–Crippen MR) is 115 cm³/mol. The fraction of sp³-hybridized carbons (Fsp3) is 0.682. The minimum absolute atomic E-state index is 0.00505. The number of nitrogens with zero attached hydrogens (tertiary/aromatic N) is 2. The van der Waals surface area contributed by atoms with Crippen LogP contribution < -0.4 is 4.74 Å². The van der Waals surface area contributed by atoms with Gasteiger partial charge in [0.2, 0.25) is 0 Å². The Kier molecular flexibility index (Phi) is 7.26. The van der Waals surface area contributed by atoms with Crippen molar-refractivity contribution in [3.63, 3.8) is 0 Å². The minimum atomic E-state index is -0.164. The van der Waals surface area contributed by atoms with Gasteiger partial charge in [-0.05, 0) is 89.7 Å². The molecule has 2 saturated heterocycles. The molecule has 0 spiro atoms. The van der Waals surface area contributed by atoms with Crippen LogP contribution in [-0.4, -0.2) is 60.3 Å². The first-order chi connectivity index (χ1) is 13.3. The molecule has 0 saturated carbocycles. The molecular weight excluding hydrogens is 420 g/mol. The van der Waals surface area contributed by atoms with Crippen molar-refractivity contribution in [1.29, 1.82) is 0 Å². The van der Waals surface area contributed by atoms with Crippen molar-refractivity contribution in [2.45, 2.75) is 65.2 Å². The number of likely N-dealkylation sites (tertiary alicyclic amines) is 1. The van der Waals surface area contributed by atoms with Gasteiger partial charge in [0.25, 0.3) is 0 Å². The smallest absolute Gasteiger partial charge is 0.410 e. The highest BCUT2D eigenvalue weighted by atomic mass is 79.9. The van der Waals surface area contributed by atoms with Crippen LogP contribution in [0.15, 0.2) is 22.7 Å². The second-order valence-electron chi connectivity index (χ2n) is 8.62. The lowest BCUT2D eigenvalue weighted by Gasteiger charge is -2.33. The third-order valence-corrected chi connectivity index (χ3v) is 6.37. The lowest BCUT2D eigenvalue weighted by Crippen LogP contribution is -2.41. The highest BCUT2D eigenvalue weighted by Gasteiger charge is 2.34. The third kappa shape index (κ3) is 5.63. The lowest BCUT2D eigenvalue weighted by atomic mass is 9.90. The van der Waals surface area contributed by atoms with Gasteiger partial charge in [0.05, 0.1) is 12.6 Å². The first-order valence-corrected chi connectivity index (χ1v) is 11.3. The summed E-state index contributed by atoms with van der Waals surface area (Å²) >= 11 is 3.70. The summed E-state index contributed by atoms with van der Waals surface area (Å²) in [6.07, 6.45) is 3.46. The normalized spacial score (nSPS) is 21.6. The number of hydrogen-bond acceptors (Lipinski definition) is 4. The Labute approximate surface area is 177 Å². The number of piperidine rings is 1. The van der Waals surface area contributed by atoms with E-state index in [1.54, 1.807) is 0 Å². The summed E-state index contributed by atoms with van der Waals surface area (Å²) in [5.41, 5.74) is 1.33. The van der Waals surface area contributed by atoms with Crippen molar-refractivity contribution in [1.82, 2.24) is 9.80 Å². The third-order valence-electron chi connectivity index (χ3n) is 5.59. The van der Waals surface area contributed by atoms with Crippen molar-refractivity contribution in [2.24, 2.45) is 5.92 Å². The highest BCUT2D eigenvalue weighted by Crippen LogP contribution is 2.29. The molecule has 0 bridgehead atoms. The van der Waals surface area contributed by atoms with Crippen LogP contribution in [0, 0.1) is 5.92 Å². The van der Waals surface area contributed by atoms with Gasteiger partial charge in [-0.1, -0.05) is 15.9 Å². The summed E-state index contributed by atoms with van der Waals surface area (Å²) in [5, 5.41) is 0. The van der Waals surface area contributed by atoms with Crippen LogP contribution >= 0.6 is 15.9 Å². The van der Waals surface area contributed by atoms with Gasteiger partial charge < -0.3 is 14.4 Å². The fourth-order valence-electron chi connectivity index (χ4n) is 4.08. The lowest BCUT2D eigenvalue weighted by molar-refractivity contribution is 0.0901. The predicted octanol–water partition coefficient (Wildman–Crippen LogP) is 4.72. The van der Waals surface area contributed by atoms with Crippen LogP contribution in [0.25, 0.3) is 0 Å². The van der Waals surface area contributed by atoms with E-state index < -0.39 is 0 Å². The first-order valence-electron chi connectivity index (χ1n) is 10.5. The second kappa shape index (κ2) is 9.49. The maximum absolute atomic E-state index is 11.9. The van der Waals surface area contributed by atoms with Gasteiger partial charge in [-0.2, -0.15) is 0 Å². The molecule has 5 nitrogen and oxygen atoms in total. The molecule has 156 valence electrons. The number of carbonyl (C=O) groups is 1. The summed E-state index contributed by atoms with van der Waals surface area (Å²) in [7, 11) is 0. The standard InChI is InChI=1S/C22H33BrN2O3/c1-15(2)25-14-20(28-22(25)26)13-24-9-7-17(8-10-24)11-18-12-19(27-16(3)4)5-6-21(18)23/h5-6,12,15-17,20H,7-11,13-14H2,1-4H3. The Morgan fingerprint density at radius 2 is 1.93 bits per heavy atom. The Bertz CT molecular complexity index is 672. The van der Waals surface area contributed by atoms with E-state index in [0.717, 1.165) is 36.3 Å². The molecule has 2 aliphatic rings. The van der Waals surface area contributed by atoms with Crippen LogP contribution in [0.3, 0.4) is 0 Å². The molecule has 1 unspecified atom stereocenters. The number of ether oxygens (including phenoxy) is 2. The molecule has 0 radical (unpaired) electrons. The van der Waals surface area contributed by atoms with Gasteiger partial charge in [0, 0.05) is 17.1 Å². The summed E-state index contributed by atoms with van der Waals surface area (Å²) in [6.45, 7) is 11.9. The van der Waals surface area contributed by atoms with Gasteiger partial charge in [-0.15, -0.1) is 0 Å². The van der Waals surface area contributed by atoms with Crippen molar-refractivity contribution in [3.05, 3.63) is 28.2 Å². The van der Waals surface area contributed by atoms with Gasteiger partial charge in [0.1, 0.15) is 11.9 Å². The molecule has 1 aromatic rings. The van der Waals surface area contributed by atoms with Crippen molar-refractivity contribution >= 4 is 22.0 Å². The van der Waals surface area contributed by atoms with Gasteiger partial charge in [-0.3, -0.25) is 4.90 Å². The van der Waals surface area contributed by atoms with Crippen LogP contribution in [0.5, 0.6) is 5.75 Å². The van der Waals surface area contributed by atoms with Crippen molar-refractivity contribution in [2.75, 3.05) is 26.2 Å². The van der Waals surface area contributed by atoms with Crippen LogP contribution in [-0.2, 0) is 11.2 Å². The monoisotopic (exact) mass is 452 g/mol. The average molecular weight is 453 g/mol. The number of benzene rings is 1. The number of hydrogen-bond donors (Lipinski definition) is 0. The summed E-state index contributed by atoms with van der Waals surface area (Å²) in [4.78, 5) is 16.2. The molecule has 0 aromatic heterocycles. The molecular formula is C22H33BrN2O3. The molecule has 0 N–H and O–H groups in total. The molecule has 2 heterocycles. The Morgan fingerprint density at radius 3 is 2.54 bits per heavy atom. The van der Waals surface area contributed by atoms with E-state index >= 15 is 0 Å².